The molecule has 0 bridgehead atoms. The average molecular weight is 559 g/mol. The molecule has 0 N–H and O–H groups in total. The van der Waals surface area contributed by atoms with Gasteiger partial charge in [-0.25, -0.2) is 4.98 Å². The average Bonchev–Trinajstić information content (AvgIpc) is 3.55. The fraction of sp³-hybridized carbons (Fsp3) is 0.0488. The van der Waals surface area contributed by atoms with Gasteiger partial charge in [0.05, 0.1) is 22.0 Å². The summed E-state index contributed by atoms with van der Waals surface area (Å²) in [4.78, 5) is 4.81. The van der Waals surface area contributed by atoms with Gasteiger partial charge in [-0.05, 0) is 79.2 Å². The molecule has 0 radical (unpaired) electrons. The zero-order valence-electron chi connectivity index (χ0n) is 31.4. The van der Waals surface area contributed by atoms with Gasteiger partial charge in [0, 0.05) is 12.1 Å². The van der Waals surface area contributed by atoms with Crippen molar-refractivity contribution in [3.63, 3.8) is 0 Å². The topological polar surface area (TPSA) is 17.8 Å². The second-order valence-electron chi connectivity index (χ2n) is 10.4. The molecule has 2 nitrogen and oxygen atoms in total. The van der Waals surface area contributed by atoms with Gasteiger partial charge in [-0.3, -0.25) is 4.57 Å². The molecular weight excluding hydrogens is 520 g/mol. The smallest absolute Gasteiger partial charge is 0.114 e. The lowest BCUT2D eigenvalue weighted by molar-refractivity contribution is 0.908. The highest BCUT2D eigenvalue weighted by molar-refractivity contribution is 6.22. The van der Waals surface area contributed by atoms with Crippen LogP contribution in [0.15, 0.2) is 151 Å². The monoisotopic (exact) mass is 558 g/mol. The number of aromatic nitrogens is 2. The molecule has 8 rings (SSSR count). The maximum Gasteiger partial charge on any atom is 0.114 e. The van der Waals surface area contributed by atoms with Crippen molar-refractivity contribution in [3.05, 3.63) is 157 Å². The molecule has 0 saturated heterocycles. The summed E-state index contributed by atoms with van der Waals surface area (Å²) in [5, 5.41) is 0.752. The predicted octanol–water partition coefficient (Wildman–Crippen LogP) is 10.9. The minimum atomic E-state index is -0.426. The van der Waals surface area contributed by atoms with Crippen LogP contribution in [0.1, 0.15) is 23.7 Å². The summed E-state index contributed by atoms with van der Waals surface area (Å²) in [6.07, 6.45) is 0.698. The second-order valence-corrected chi connectivity index (χ2v) is 10.4. The van der Waals surface area contributed by atoms with Crippen LogP contribution in [0.25, 0.3) is 71.6 Å². The molecule has 8 aromatic rings. The van der Waals surface area contributed by atoms with Crippen LogP contribution in [0.4, 0.5) is 0 Å². The molecule has 0 fully saturated rings. The standard InChI is InChI=1S/C41H30N2/c1-2-39-42-37-22-12-13-23-38(37)43(39)30-26-24-29(25-27-30)40-33-18-8-10-20-35(33)41(36-21-11-9-19-34(36)40)32-17-7-6-16-31(32)28-14-4-3-5-15-28/h3-27H,2H2,1H3/i8D,9D,10D,11D,18D,19D,20D,21D. The van der Waals surface area contributed by atoms with E-state index in [9.17, 15) is 5.48 Å². The van der Waals surface area contributed by atoms with E-state index >= 15 is 0 Å². The summed E-state index contributed by atoms with van der Waals surface area (Å²) in [5.41, 5.74) is 6.07. The summed E-state index contributed by atoms with van der Waals surface area (Å²) in [6.45, 7) is 2.04. The largest absolute Gasteiger partial charge is 0.296 e. The Hall–Kier alpha value is -5.47. The Morgan fingerprint density at radius 1 is 0.558 bits per heavy atom. The van der Waals surface area contributed by atoms with Gasteiger partial charge in [0.15, 0.2) is 0 Å². The molecule has 0 saturated carbocycles. The second kappa shape index (κ2) is 10.4. The summed E-state index contributed by atoms with van der Waals surface area (Å²) in [6, 6.07) is 29.6. The van der Waals surface area contributed by atoms with Crippen LogP contribution in [0, 0.1) is 0 Å². The molecule has 0 amide bonds. The van der Waals surface area contributed by atoms with Crippen LogP contribution in [0.2, 0.25) is 0 Å². The molecule has 0 unspecified atom stereocenters. The van der Waals surface area contributed by atoms with Gasteiger partial charge in [-0.15, -0.1) is 0 Å². The van der Waals surface area contributed by atoms with Gasteiger partial charge >= 0.3 is 0 Å². The first-order valence-electron chi connectivity index (χ1n) is 18.3. The maximum atomic E-state index is 9.30. The Kier molecular flexibility index (Phi) is 4.40. The molecule has 2 heteroatoms. The van der Waals surface area contributed by atoms with Gasteiger partial charge < -0.3 is 0 Å². The number of imidazole rings is 1. The number of hydrogen-bond donors (Lipinski definition) is 0. The third-order valence-electron chi connectivity index (χ3n) is 8.02. The Balaban J connectivity index is 1.54. The van der Waals surface area contributed by atoms with Crippen LogP contribution < -0.4 is 0 Å². The van der Waals surface area contributed by atoms with Crippen LogP contribution in [0.5, 0.6) is 0 Å². The zero-order chi connectivity index (χ0) is 35.7. The minimum absolute atomic E-state index is 0.187. The molecule has 0 aliphatic rings. The van der Waals surface area contributed by atoms with E-state index in [4.69, 9.17) is 10.5 Å². The number of nitrogens with zero attached hydrogens (tertiary/aromatic N) is 2. The first-order valence-corrected chi connectivity index (χ1v) is 14.3. The van der Waals surface area contributed by atoms with Crippen molar-refractivity contribution in [1.29, 1.82) is 0 Å². The van der Waals surface area contributed by atoms with Gasteiger partial charge in [0.1, 0.15) is 5.82 Å². The number of benzene rings is 7. The number of aryl methyl sites for hydroxylation is 1. The number of hydrogen-bond acceptors (Lipinski definition) is 1. The number of rotatable bonds is 5. The molecule has 1 heterocycles. The Bertz CT molecular complexity index is 2620. The van der Waals surface area contributed by atoms with Crippen LogP contribution in [-0.4, -0.2) is 9.55 Å². The van der Waals surface area contributed by atoms with Crippen molar-refractivity contribution in [1.82, 2.24) is 9.55 Å². The normalized spacial score (nSPS) is 14.1. The third kappa shape index (κ3) is 4.14. The molecular formula is C41H30N2. The van der Waals surface area contributed by atoms with E-state index in [0.717, 1.165) is 33.7 Å². The summed E-state index contributed by atoms with van der Waals surface area (Å²) in [5.74, 6) is 0.879. The Morgan fingerprint density at radius 3 is 1.77 bits per heavy atom. The highest BCUT2D eigenvalue weighted by Crippen LogP contribution is 2.46. The van der Waals surface area contributed by atoms with Crippen molar-refractivity contribution in [2.75, 3.05) is 0 Å². The first kappa shape index (κ1) is 18.1. The van der Waals surface area contributed by atoms with Crippen molar-refractivity contribution in [2.45, 2.75) is 13.3 Å². The van der Waals surface area contributed by atoms with Crippen molar-refractivity contribution in [3.8, 4) is 39.1 Å². The van der Waals surface area contributed by atoms with Crippen molar-refractivity contribution >= 4 is 32.6 Å². The molecule has 0 spiro atoms. The molecule has 0 aliphatic heterocycles. The summed E-state index contributed by atoms with van der Waals surface area (Å²) < 4.78 is 74.3. The SMILES string of the molecule is [2H]c1c([2H])c([2H])c2c(-c3ccccc3-c3ccccc3)c3c([2H])c([2H])c([2H])c([2H])c3c(-c3ccc(-n4c(CC)nc5ccccc54)cc3)c2c1[2H]. The molecule has 43 heavy (non-hydrogen) atoms. The molecule has 1 aromatic heterocycles. The van der Waals surface area contributed by atoms with E-state index in [0.29, 0.717) is 28.7 Å². The van der Waals surface area contributed by atoms with E-state index in [2.05, 4.69) is 4.57 Å². The van der Waals surface area contributed by atoms with E-state index in [1.807, 2.05) is 110 Å². The molecule has 7 aromatic carbocycles. The lowest BCUT2D eigenvalue weighted by Crippen LogP contribution is -2.00. The molecule has 0 atom stereocenters. The van der Waals surface area contributed by atoms with E-state index < -0.39 is 24.2 Å². The quantitative estimate of drug-likeness (QED) is 0.192. The number of fused-ring (bicyclic) bond motifs is 3. The fourth-order valence-electron chi connectivity index (χ4n) is 6.13. The highest BCUT2D eigenvalue weighted by Gasteiger charge is 2.19. The van der Waals surface area contributed by atoms with Crippen molar-refractivity contribution in [2.24, 2.45) is 0 Å². The lowest BCUT2D eigenvalue weighted by Gasteiger charge is -2.20. The van der Waals surface area contributed by atoms with E-state index in [1.54, 1.807) is 0 Å². The zero-order valence-corrected chi connectivity index (χ0v) is 23.4. The van der Waals surface area contributed by atoms with Crippen LogP contribution >= 0.6 is 0 Å². The minimum Gasteiger partial charge on any atom is -0.296 e. The Labute approximate surface area is 262 Å². The van der Waals surface area contributed by atoms with Gasteiger partial charge in [-0.1, -0.05) is 134 Å². The van der Waals surface area contributed by atoms with Gasteiger partial charge in [0.2, 0.25) is 0 Å². The lowest BCUT2D eigenvalue weighted by atomic mass is 9.84. The van der Waals surface area contributed by atoms with Crippen LogP contribution in [-0.2, 0) is 6.42 Å². The first-order chi connectivity index (χ1) is 24.6. The molecule has 204 valence electrons. The van der Waals surface area contributed by atoms with E-state index in [1.165, 1.54) is 0 Å². The highest BCUT2D eigenvalue weighted by atomic mass is 15.1. The predicted molar refractivity (Wildman–Crippen MR) is 182 cm³/mol. The third-order valence-corrected chi connectivity index (χ3v) is 8.02. The van der Waals surface area contributed by atoms with Crippen molar-refractivity contribution < 1.29 is 11.0 Å². The fourth-order valence-corrected chi connectivity index (χ4v) is 6.13. The summed E-state index contributed by atoms with van der Waals surface area (Å²) >= 11 is 0. The van der Waals surface area contributed by atoms with Gasteiger partial charge in [0.25, 0.3) is 0 Å². The maximum absolute atomic E-state index is 9.30. The molecule has 0 aliphatic carbocycles. The van der Waals surface area contributed by atoms with Crippen LogP contribution in [0.3, 0.4) is 0 Å². The van der Waals surface area contributed by atoms with Gasteiger partial charge in [-0.2, -0.15) is 0 Å². The van der Waals surface area contributed by atoms with E-state index in [-0.39, 0.29) is 45.7 Å². The summed E-state index contributed by atoms with van der Waals surface area (Å²) in [7, 11) is 0. The number of para-hydroxylation sites is 2. The Morgan fingerprint density at radius 2 is 1.12 bits per heavy atom.